The molecule has 1 aliphatic rings. The Kier molecular flexibility index (Phi) is 3.68. The van der Waals surface area contributed by atoms with E-state index in [0.717, 1.165) is 17.4 Å². The lowest BCUT2D eigenvalue weighted by Gasteiger charge is -2.13. The Morgan fingerprint density at radius 1 is 1.10 bits per heavy atom. The first-order valence-electron chi connectivity index (χ1n) is 6.36. The molecule has 1 heterocycles. The monoisotopic (exact) mass is 313 g/mol. The summed E-state index contributed by atoms with van der Waals surface area (Å²) >= 11 is 5.90. The smallest absolute Gasteiger partial charge is 0.161 e. The van der Waals surface area contributed by atoms with Gasteiger partial charge in [-0.15, -0.1) is 0 Å². The van der Waals surface area contributed by atoms with Crippen LogP contribution in [-0.4, -0.2) is 12.6 Å². The molecule has 0 saturated carbocycles. The lowest BCUT2D eigenvalue weighted by molar-refractivity contribution is 0.246. The number of hydrogen-bond donors (Lipinski definition) is 1. The Morgan fingerprint density at radius 3 is 2.67 bits per heavy atom. The Labute approximate surface area is 124 Å². The number of ether oxygens (including phenoxy) is 1. The van der Waals surface area contributed by atoms with Crippen LogP contribution in [0, 0.1) is 17.5 Å². The Balaban J connectivity index is 1.66. The normalized spacial score (nSPS) is 16.5. The van der Waals surface area contributed by atoms with E-state index in [1.807, 2.05) is 6.07 Å². The third-order valence-electron chi connectivity index (χ3n) is 3.29. The number of anilines is 1. The van der Waals surface area contributed by atoms with Gasteiger partial charge < -0.3 is 10.1 Å². The molecule has 0 amide bonds. The number of rotatable bonds is 3. The summed E-state index contributed by atoms with van der Waals surface area (Å²) < 4.78 is 45.1. The highest BCUT2D eigenvalue weighted by Crippen LogP contribution is 2.31. The zero-order valence-corrected chi connectivity index (χ0v) is 11.6. The molecule has 0 saturated heterocycles. The maximum atomic E-state index is 13.5. The van der Waals surface area contributed by atoms with Crippen molar-refractivity contribution in [2.75, 3.05) is 11.9 Å². The molecular formula is C15H11ClF3NO. The summed E-state index contributed by atoms with van der Waals surface area (Å²) in [5, 5.41) is 3.36. The number of hydrogen-bond acceptors (Lipinski definition) is 2. The maximum absolute atomic E-state index is 13.5. The summed E-state index contributed by atoms with van der Waals surface area (Å²) in [5.41, 5.74) is 0.881. The highest BCUT2D eigenvalue weighted by molar-refractivity contribution is 6.30. The minimum Gasteiger partial charge on any atom is -0.488 e. The third kappa shape index (κ3) is 2.93. The fraction of sp³-hybridized carbons (Fsp3) is 0.200. The van der Waals surface area contributed by atoms with Crippen LogP contribution < -0.4 is 10.1 Å². The van der Waals surface area contributed by atoms with Crippen LogP contribution >= 0.6 is 11.6 Å². The molecule has 2 aromatic carbocycles. The zero-order valence-electron chi connectivity index (χ0n) is 10.8. The van der Waals surface area contributed by atoms with Crippen LogP contribution in [0.3, 0.4) is 0 Å². The minimum atomic E-state index is -1.21. The molecule has 0 aliphatic carbocycles. The van der Waals surface area contributed by atoms with Gasteiger partial charge in [-0.2, -0.15) is 0 Å². The van der Waals surface area contributed by atoms with Gasteiger partial charge in [0, 0.05) is 23.6 Å². The molecule has 3 rings (SSSR count). The average Bonchev–Trinajstić information content (AvgIpc) is 2.83. The first-order chi connectivity index (χ1) is 10.0. The van der Waals surface area contributed by atoms with E-state index in [1.165, 1.54) is 0 Å². The maximum Gasteiger partial charge on any atom is 0.161 e. The molecule has 0 fully saturated rings. The van der Waals surface area contributed by atoms with E-state index in [0.29, 0.717) is 17.5 Å². The molecule has 0 bridgehead atoms. The molecule has 1 unspecified atom stereocenters. The molecule has 0 radical (unpaired) electrons. The molecule has 0 spiro atoms. The molecule has 1 N–H and O–H groups in total. The van der Waals surface area contributed by atoms with Gasteiger partial charge in [0.2, 0.25) is 0 Å². The van der Waals surface area contributed by atoms with Crippen LogP contribution in [0.5, 0.6) is 5.75 Å². The van der Waals surface area contributed by atoms with Crippen molar-refractivity contribution in [2.24, 2.45) is 0 Å². The van der Waals surface area contributed by atoms with E-state index in [9.17, 15) is 13.2 Å². The van der Waals surface area contributed by atoms with Crippen molar-refractivity contribution >= 4 is 17.3 Å². The van der Waals surface area contributed by atoms with Crippen LogP contribution in [-0.2, 0) is 6.42 Å². The molecule has 2 aromatic rings. The lowest BCUT2D eigenvalue weighted by atomic mass is 10.1. The van der Waals surface area contributed by atoms with Crippen molar-refractivity contribution in [1.82, 2.24) is 0 Å². The van der Waals surface area contributed by atoms with Crippen molar-refractivity contribution in [2.45, 2.75) is 12.5 Å². The highest BCUT2D eigenvalue weighted by Gasteiger charge is 2.23. The molecule has 1 aliphatic heterocycles. The Morgan fingerprint density at radius 2 is 1.86 bits per heavy atom. The second kappa shape index (κ2) is 5.48. The summed E-state index contributed by atoms with van der Waals surface area (Å²) in [6, 6.07) is 6.63. The van der Waals surface area contributed by atoms with E-state index in [2.05, 4.69) is 5.32 Å². The van der Waals surface area contributed by atoms with Crippen molar-refractivity contribution in [1.29, 1.82) is 0 Å². The Hall–Kier alpha value is -1.88. The van der Waals surface area contributed by atoms with Crippen molar-refractivity contribution in [3.05, 3.63) is 58.4 Å². The van der Waals surface area contributed by atoms with Gasteiger partial charge in [0.15, 0.2) is 11.6 Å². The second-order valence-electron chi connectivity index (χ2n) is 4.82. The van der Waals surface area contributed by atoms with Gasteiger partial charge in [-0.1, -0.05) is 11.6 Å². The van der Waals surface area contributed by atoms with Gasteiger partial charge in [0.05, 0.1) is 12.2 Å². The number of fused-ring (bicyclic) bond motifs is 1. The van der Waals surface area contributed by atoms with Crippen LogP contribution in [0.1, 0.15) is 5.56 Å². The standard InChI is InChI=1S/C15H11ClF3NO/c16-9-1-2-15-8(3-9)4-10(21-15)7-20-14-6-12(18)11(17)5-13(14)19/h1-3,5-6,10,20H,4,7H2. The van der Waals surface area contributed by atoms with Gasteiger partial charge in [-0.05, 0) is 23.8 Å². The molecule has 110 valence electrons. The number of benzene rings is 2. The highest BCUT2D eigenvalue weighted by atomic mass is 35.5. The second-order valence-corrected chi connectivity index (χ2v) is 5.26. The van der Waals surface area contributed by atoms with Gasteiger partial charge in [0.25, 0.3) is 0 Å². The first-order valence-corrected chi connectivity index (χ1v) is 6.74. The van der Waals surface area contributed by atoms with Crippen molar-refractivity contribution in [3.8, 4) is 5.75 Å². The van der Waals surface area contributed by atoms with E-state index in [-0.39, 0.29) is 18.3 Å². The van der Waals surface area contributed by atoms with Crippen LogP contribution in [0.4, 0.5) is 18.9 Å². The quantitative estimate of drug-likeness (QED) is 0.859. The van der Waals surface area contributed by atoms with E-state index >= 15 is 0 Å². The molecule has 1 atom stereocenters. The predicted molar refractivity (Wildman–Crippen MR) is 74.4 cm³/mol. The van der Waals surface area contributed by atoms with E-state index in [1.54, 1.807) is 12.1 Å². The Bertz CT molecular complexity index is 693. The number of halogens is 4. The SMILES string of the molecule is Fc1cc(F)c(NCC2Cc3cc(Cl)ccc3O2)cc1F. The predicted octanol–water partition coefficient (Wildman–Crippen LogP) is 4.17. The summed E-state index contributed by atoms with van der Waals surface area (Å²) in [5.74, 6) is -2.41. The molecule has 0 aromatic heterocycles. The minimum absolute atomic E-state index is 0.0912. The van der Waals surface area contributed by atoms with Crippen molar-refractivity contribution < 1.29 is 17.9 Å². The summed E-state index contributed by atoms with van der Waals surface area (Å²) in [7, 11) is 0. The van der Waals surface area contributed by atoms with E-state index in [4.69, 9.17) is 16.3 Å². The van der Waals surface area contributed by atoms with Gasteiger partial charge in [-0.25, -0.2) is 13.2 Å². The van der Waals surface area contributed by atoms with Gasteiger partial charge in [-0.3, -0.25) is 0 Å². The summed E-state index contributed by atoms with van der Waals surface area (Å²) in [6.07, 6.45) is 0.403. The van der Waals surface area contributed by atoms with Gasteiger partial charge >= 0.3 is 0 Å². The number of nitrogens with one attached hydrogen (secondary N) is 1. The molecule has 21 heavy (non-hydrogen) atoms. The first kappa shape index (κ1) is 14.1. The molecule has 2 nitrogen and oxygen atoms in total. The summed E-state index contributed by atoms with van der Waals surface area (Å²) in [4.78, 5) is 0. The zero-order chi connectivity index (χ0) is 15.0. The molecular weight excluding hydrogens is 303 g/mol. The van der Waals surface area contributed by atoms with Crippen molar-refractivity contribution in [3.63, 3.8) is 0 Å². The fourth-order valence-electron chi connectivity index (χ4n) is 2.28. The summed E-state index contributed by atoms with van der Waals surface area (Å²) in [6.45, 7) is 0.272. The lowest BCUT2D eigenvalue weighted by Crippen LogP contribution is -2.24. The topological polar surface area (TPSA) is 21.3 Å². The van der Waals surface area contributed by atoms with E-state index < -0.39 is 17.5 Å². The molecule has 6 heteroatoms. The largest absolute Gasteiger partial charge is 0.488 e. The van der Waals surface area contributed by atoms with Crippen LogP contribution in [0.25, 0.3) is 0 Å². The average molecular weight is 314 g/mol. The fourth-order valence-corrected chi connectivity index (χ4v) is 2.48. The van der Waals surface area contributed by atoms with Crippen LogP contribution in [0.2, 0.25) is 5.02 Å². The third-order valence-corrected chi connectivity index (χ3v) is 3.53. The van der Waals surface area contributed by atoms with Gasteiger partial charge in [0.1, 0.15) is 17.7 Å². The van der Waals surface area contributed by atoms with Crippen LogP contribution in [0.15, 0.2) is 30.3 Å².